The first-order valence-corrected chi connectivity index (χ1v) is 7.75. The van der Waals surface area contributed by atoms with E-state index in [1.807, 2.05) is 0 Å². The van der Waals surface area contributed by atoms with Gasteiger partial charge >= 0.3 is 0 Å². The molecule has 8 heteroatoms. The highest BCUT2D eigenvalue weighted by Crippen LogP contribution is 2.34. The number of fused-ring (bicyclic) bond motifs is 3. The van der Waals surface area contributed by atoms with Crippen LogP contribution in [0.15, 0.2) is 6.07 Å². The fraction of sp³-hybridized carbons (Fsp3) is 0.375. The van der Waals surface area contributed by atoms with Crippen molar-refractivity contribution in [3.63, 3.8) is 0 Å². The Kier molecular flexibility index (Phi) is 3.24. The largest absolute Gasteiger partial charge is 0.312 e. The zero-order valence-electron chi connectivity index (χ0n) is 12.6. The van der Waals surface area contributed by atoms with Gasteiger partial charge in [-0.15, -0.1) is 0 Å². The van der Waals surface area contributed by atoms with Crippen molar-refractivity contribution in [2.45, 2.75) is 31.8 Å². The molecule has 1 fully saturated rings. The first-order valence-electron chi connectivity index (χ1n) is 7.75. The summed E-state index contributed by atoms with van der Waals surface area (Å²) < 4.78 is 14.4. The number of amides is 4. The van der Waals surface area contributed by atoms with Crippen LogP contribution in [0.1, 0.15) is 44.7 Å². The maximum absolute atomic E-state index is 14.4. The van der Waals surface area contributed by atoms with E-state index in [1.54, 1.807) is 0 Å². The highest BCUT2D eigenvalue weighted by molar-refractivity contribution is 6.24. The summed E-state index contributed by atoms with van der Waals surface area (Å²) in [5.41, 5.74) is 1.13. The van der Waals surface area contributed by atoms with Crippen LogP contribution in [-0.2, 0) is 22.6 Å². The first-order chi connectivity index (χ1) is 11.5. The van der Waals surface area contributed by atoms with Crippen molar-refractivity contribution in [1.82, 2.24) is 15.5 Å². The number of hydrogen-bond donors (Lipinski definition) is 2. The average Bonchev–Trinajstić information content (AvgIpc) is 2.80. The van der Waals surface area contributed by atoms with Crippen molar-refractivity contribution < 1.29 is 23.6 Å². The second kappa shape index (κ2) is 5.20. The fourth-order valence-corrected chi connectivity index (χ4v) is 3.61. The Labute approximate surface area is 136 Å². The molecule has 1 atom stereocenters. The molecule has 0 saturated carbocycles. The average molecular weight is 331 g/mol. The number of carbonyl (C=O) groups is 4. The Bertz CT molecular complexity index is 820. The lowest BCUT2D eigenvalue weighted by Crippen LogP contribution is -2.54. The minimum Gasteiger partial charge on any atom is -0.312 e. The van der Waals surface area contributed by atoms with Crippen LogP contribution in [0.25, 0.3) is 0 Å². The Hall–Kier alpha value is -2.61. The number of benzene rings is 1. The van der Waals surface area contributed by atoms with Gasteiger partial charge < -0.3 is 5.32 Å². The third-order valence-corrected chi connectivity index (χ3v) is 4.73. The highest BCUT2D eigenvalue weighted by Gasteiger charge is 2.47. The lowest BCUT2D eigenvalue weighted by Gasteiger charge is -2.28. The van der Waals surface area contributed by atoms with E-state index in [0.717, 1.165) is 4.90 Å². The predicted molar refractivity (Wildman–Crippen MR) is 78.5 cm³/mol. The third-order valence-electron chi connectivity index (χ3n) is 4.73. The molecule has 3 heterocycles. The van der Waals surface area contributed by atoms with Gasteiger partial charge in [0.05, 0.1) is 11.1 Å². The highest BCUT2D eigenvalue weighted by atomic mass is 19.1. The monoisotopic (exact) mass is 331 g/mol. The molecule has 24 heavy (non-hydrogen) atoms. The summed E-state index contributed by atoms with van der Waals surface area (Å²) in [5.74, 6) is -3.34. The molecule has 2 N–H and O–H groups in total. The first kappa shape index (κ1) is 14.9. The standard InChI is InChI=1S/C16H14FN3O4/c17-9-5-7-6-18-4-3-8(7)12-13(9)16(24)20(15(12)23)10-1-2-11(21)19-14(10)22/h5,10,18H,1-4,6H2,(H,19,21,22). The number of halogens is 1. The van der Waals surface area contributed by atoms with Crippen molar-refractivity contribution >= 4 is 23.6 Å². The summed E-state index contributed by atoms with van der Waals surface area (Å²) in [6.45, 7) is 1.06. The Morgan fingerprint density at radius 1 is 1.08 bits per heavy atom. The van der Waals surface area contributed by atoms with E-state index in [1.165, 1.54) is 6.07 Å². The number of nitrogens with one attached hydrogen (secondary N) is 2. The van der Waals surface area contributed by atoms with E-state index in [-0.39, 0.29) is 24.0 Å². The van der Waals surface area contributed by atoms with Crippen LogP contribution in [-0.4, -0.2) is 41.1 Å². The molecule has 3 aliphatic heterocycles. The second-order valence-corrected chi connectivity index (χ2v) is 6.12. The number of hydrogen-bond acceptors (Lipinski definition) is 5. The van der Waals surface area contributed by atoms with E-state index < -0.39 is 35.5 Å². The summed E-state index contributed by atoms with van der Waals surface area (Å²) in [6.07, 6.45) is 0.607. The Balaban J connectivity index is 1.80. The van der Waals surface area contributed by atoms with Gasteiger partial charge in [-0.3, -0.25) is 29.4 Å². The van der Waals surface area contributed by atoms with Gasteiger partial charge in [-0.05, 0) is 36.6 Å². The molecule has 3 aliphatic rings. The van der Waals surface area contributed by atoms with Crippen molar-refractivity contribution in [3.05, 3.63) is 34.1 Å². The molecular weight excluding hydrogens is 317 g/mol. The normalized spacial score (nSPS) is 23.2. The summed E-state index contributed by atoms with van der Waals surface area (Å²) in [6, 6.07) is 0.200. The second-order valence-electron chi connectivity index (χ2n) is 6.12. The molecule has 0 radical (unpaired) electrons. The molecule has 0 spiro atoms. The van der Waals surface area contributed by atoms with Crippen LogP contribution in [0.3, 0.4) is 0 Å². The molecule has 124 valence electrons. The van der Waals surface area contributed by atoms with Crippen LogP contribution in [0, 0.1) is 5.82 Å². The van der Waals surface area contributed by atoms with Crippen molar-refractivity contribution in [2.75, 3.05) is 6.54 Å². The molecule has 1 saturated heterocycles. The number of rotatable bonds is 1. The summed E-state index contributed by atoms with van der Waals surface area (Å²) in [7, 11) is 0. The summed E-state index contributed by atoms with van der Waals surface area (Å²) in [5, 5.41) is 5.22. The van der Waals surface area contributed by atoms with Crippen molar-refractivity contribution in [1.29, 1.82) is 0 Å². The SMILES string of the molecule is O=C1CCC(N2C(=O)c3c(F)cc4c(c3C2=O)CCNC4)C(=O)N1. The lowest BCUT2D eigenvalue weighted by atomic mass is 9.92. The number of nitrogens with zero attached hydrogens (tertiary/aromatic N) is 1. The summed E-state index contributed by atoms with van der Waals surface area (Å²) in [4.78, 5) is 49.5. The van der Waals surface area contributed by atoms with Crippen LogP contribution in [0.4, 0.5) is 4.39 Å². The zero-order valence-corrected chi connectivity index (χ0v) is 12.6. The minimum atomic E-state index is -1.08. The third kappa shape index (κ3) is 1.99. The molecular formula is C16H14FN3O4. The van der Waals surface area contributed by atoms with E-state index in [9.17, 15) is 23.6 Å². The maximum atomic E-state index is 14.4. The van der Waals surface area contributed by atoms with Gasteiger partial charge in [-0.2, -0.15) is 0 Å². The van der Waals surface area contributed by atoms with Gasteiger partial charge in [-0.1, -0.05) is 0 Å². The van der Waals surface area contributed by atoms with E-state index in [2.05, 4.69) is 10.6 Å². The molecule has 0 bridgehead atoms. The molecule has 7 nitrogen and oxygen atoms in total. The molecule has 0 aliphatic carbocycles. The summed E-state index contributed by atoms with van der Waals surface area (Å²) >= 11 is 0. The molecule has 1 unspecified atom stereocenters. The van der Waals surface area contributed by atoms with Gasteiger partial charge in [0.25, 0.3) is 11.8 Å². The van der Waals surface area contributed by atoms with Gasteiger partial charge in [0, 0.05) is 13.0 Å². The van der Waals surface area contributed by atoms with Crippen LogP contribution < -0.4 is 10.6 Å². The van der Waals surface area contributed by atoms with Crippen molar-refractivity contribution in [2.24, 2.45) is 0 Å². The number of piperidine rings is 1. The molecule has 1 aromatic rings. The van der Waals surface area contributed by atoms with E-state index in [0.29, 0.717) is 30.6 Å². The molecule has 1 aromatic carbocycles. The topological polar surface area (TPSA) is 95.6 Å². The van der Waals surface area contributed by atoms with Crippen LogP contribution in [0.5, 0.6) is 0 Å². The smallest absolute Gasteiger partial charge is 0.265 e. The van der Waals surface area contributed by atoms with Gasteiger partial charge in [0.2, 0.25) is 11.8 Å². The van der Waals surface area contributed by atoms with Gasteiger partial charge in [-0.25, -0.2) is 4.39 Å². The van der Waals surface area contributed by atoms with Crippen molar-refractivity contribution in [3.8, 4) is 0 Å². The van der Waals surface area contributed by atoms with Gasteiger partial charge in [0.15, 0.2) is 0 Å². The maximum Gasteiger partial charge on any atom is 0.265 e. The van der Waals surface area contributed by atoms with Crippen LogP contribution >= 0.6 is 0 Å². The number of imide groups is 2. The lowest BCUT2D eigenvalue weighted by molar-refractivity contribution is -0.136. The molecule has 0 aromatic heterocycles. The molecule has 4 amide bonds. The Morgan fingerprint density at radius 3 is 2.58 bits per heavy atom. The van der Waals surface area contributed by atoms with Crippen LogP contribution in [0.2, 0.25) is 0 Å². The fourth-order valence-electron chi connectivity index (χ4n) is 3.61. The predicted octanol–water partition coefficient (Wildman–Crippen LogP) is -0.127. The number of carbonyl (C=O) groups excluding carboxylic acids is 4. The molecule has 4 rings (SSSR count). The zero-order chi connectivity index (χ0) is 17.0. The quantitative estimate of drug-likeness (QED) is 0.699. The van der Waals surface area contributed by atoms with E-state index in [4.69, 9.17) is 0 Å². The van der Waals surface area contributed by atoms with Gasteiger partial charge in [0.1, 0.15) is 11.9 Å². The Morgan fingerprint density at radius 2 is 1.83 bits per heavy atom. The van der Waals surface area contributed by atoms with E-state index >= 15 is 0 Å². The minimum absolute atomic E-state index is 0.0360.